The fourth-order valence-electron chi connectivity index (χ4n) is 5.97. The molecule has 3 aromatic rings. The summed E-state index contributed by atoms with van der Waals surface area (Å²) in [5.41, 5.74) is 9.30. The van der Waals surface area contributed by atoms with Crippen molar-refractivity contribution in [3.63, 3.8) is 0 Å². The molecule has 3 fully saturated rings. The first-order valence-electron chi connectivity index (χ1n) is 13.4. The summed E-state index contributed by atoms with van der Waals surface area (Å²) in [6.45, 7) is 6.74. The number of anilines is 3. The number of para-hydroxylation sites is 1. The highest BCUT2D eigenvalue weighted by Crippen LogP contribution is 2.40. The van der Waals surface area contributed by atoms with Crippen LogP contribution in [0.15, 0.2) is 48.5 Å². The fourth-order valence-corrected chi connectivity index (χ4v) is 5.97. The van der Waals surface area contributed by atoms with Crippen LogP contribution in [0.5, 0.6) is 11.5 Å². The molecule has 0 saturated carbocycles. The van der Waals surface area contributed by atoms with Gasteiger partial charge in [0.15, 0.2) is 17.4 Å². The molecule has 2 unspecified atom stereocenters. The molecule has 2 atom stereocenters. The lowest BCUT2D eigenvalue weighted by atomic mass is 10.1. The van der Waals surface area contributed by atoms with E-state index >= 15 is 0 Å². The number of nitrogen functional groups attached to an aromatic ring is 1. The normalized spacial score (nSPS) is 21.6. The quantitative estimate of drug-likeness (QED) is 0.435. The number of halogens is 1. The first kappa shape index (κ1) is 24.7. The summed E-state index contributed by atoms with van der Waals surface area (Å²) in [5.74, 6) is 0.519. The van der Waals surface area contributed by atoms with Gasteiger partial charge in [-0.25, -0.2) is 4.39 Å². The van der Waals surface area contributed by atoms with Crippen LogP contribution >= 0.6 is 0 Å². The van der Waals surface area contributed by atoms with Gasteiger partial charge in [-0.15, -0.1) is 10.2 Å². The Hall–Kier alpha value is -3.63. The van der Waals surface area contributed by atoms with E-state index in [1.54, 1.807) is 12.1 Å². The van der Waals surface area contributed by atoms with E-state index in [-0.39, 0.29) is 23.7 Å². The topological polar surface area (TPSA) is 103 Å². The van der Waals surface area contributed by atoms with Gasteiger partial charge in [-0.1, -0.05) is 12.1 Å². The molecule has 2 bridgehead atoms. The smallest absolute Gasteiger partial charge is 0.169 e. The number of hydrogen-bond donors (Lipinski definition) is 3. The van der Waals surface area contributed by atoms with Crippen molar-refractivity contribution in [2.24, 2.45) is 0 Å². The largest absolute Gasteiger partial charge is 0.507 e. The zero-order valence-electron chi connectivity index (χ0n) is 21.4. The standard InChI is InChI=1S/C28H34FN7O2/c29-23-8-7-19(15-27(23)38-14-13-34-11-9-31-10-12-34)36-20-5-6-21(36)18-35(17-20)25-16-24(32-33-28(25)30)22-3-1-2-4-26(22)37/h1-4,7-8,15-16,20-21,31,37H,5-6,9-14,17-18H2,(H2,30,33). The van der Waals surface area contributed by atoms with Crippen LogP contribution in [0.3, 0.4) is 0 Å². The zero-order valence-corrected chi connectivity index (χ0v) is 21.4. The monoisotopic (exact) mass is 519 g/mol. The number of nitrogens with two attached hydrogens (primary N) is 1. The maximum Gasteiger partial charge on any atom is 0.169 e. The molecule has 1 aromatic heterocycles. The van der Waals surface area contributed by atoms with E-state index in [1.165, 1.54) is 6.07 Å². The Morgan fingerprint density at radius 3 is 2.55 bits per heavy atom. The third kappa shape index (κ3) is 4.93. The third-order valence-electron chi connectivity index (χ3n) is 7.89. The lowest BCUT2D eigenvalue weighted by Crippen LogP contribution is -2.54. The molecule has 2 aromatic carbocycles. The molecule has 0 aliphatic carbocycles. The van der Waals surface area contributed by atoms with E-state index in [2.05, 4.69) is 30.2 Å². The van der Waals surface area contributed by atoms with Gasteiger partial charge in [-0.05, 0) is 43.2 Å². The molecule has 3 aliphatic heterocycles. The van der Waals surface area contributed by atoms with E-state index in [0.29, 0.717) is 29.4 Å². The van der Waals surface area contributed by atoms with Gasteiger partial charge in [0.05, 0.1) is 11.4 Å². The molecule has 10 heteroatoms. The number of phenolic OH excluding ortho intramolecular Hbond substituents is 1. The summed E-state index contributed by atoms with van der Waals surface area (Å²) >= 11 is 0. The Morgan fingerprint density at radius 1 is 1.03 bits per heavy atom. The van der Waals surface area contributed by atoms with Crippen LogP contribution in [0.2, 0.25) is 0 Å². The maximum absolute atomic E-state index is 14.6. The lowest BCUT2D eigenvalue weighted by Gasteiger charge is -2.43. The molecule has 6 rings (SSSR count). The first-order chi connectivity index (χ1) is 18.6. The number of piperazine rings is 2. The average Bonchev–Trinajstić information content (AvgIpc) is 3.20. The van der Waals surface area contributed by atoms with Crippen molar-refractivity contribution in [1.29, 1.82) is 0 Å². The molecule has 0 spiro atoms. The highest BCUT2D eigenvalue weighted by atomic mass is 19.1. The van der Waals surface area contributed by atoms with Gasteiger partial charge in [0, 0.05) is 75.2 Å². The predicted molar refractivity (Wildman–Crippen MR) is 146 cm³/mol. The van der Waals surface area contributed by atoms with Crippen LogP contribution in [0.4, 0.5) is 21.6 Å². The number of ether oxygens (including phenoxy) is 1. The minimum atomic E-state index is -0.327. The lowest BCUT2D eigenvalue weighted by molar-refractivity contribution is 0.188. The van der Waals surface area contributed by atoms with Gasteiger partial charge in [0.1, 0.15) is 12.4 Å². The van der Waals surface area contributed by atoms with Crippen molar-refractivity contribution >= 4 is 17.2 Å². The van der Waals surface area contributed by atoms with Crippen molar-refractivity contribution in [2.75, 3.05) is 68.0 Å². The van der Waals surface area contributed by atoms with Crippen LogP contribution in [-0.4, -0.2) is 84.7 Å². The summed E-state index contributed by atoms with van der Waals surface area (Å²) in [7, 11) is 0. The van der Waals surface area contributed by atoms with Crippen molar-refractivity contribution in [3.8, 4) is 22.8 Å². The summed E-state index contributed by atoms with van der Waals surface area (Å²) in [4.78, 5) is 7.01. The Balaban J connectivity index is 1.17. The molecule has 4 heterocycles. The van der Waals surface area contributed by atoms with Gasteiger partial charge in [0.25, 0.3) is 0 Å². The third-order valence-corrected chi connectivity index (χ3v) is 7.89. The summed E-state index contributed by atoms with van der Waals surface area (Å²) in [6.07, 6.45) is 2.09. The minimum absolute atomic E-state index is 0.157. The number of benzene rings is 2. The van der Waals surface area contributed by atoms with E-state index in [9.17, 15) is 9.50 Å². The highest BCUT2D eigenvalue weighted by Gasteiger charge is 2.41. The molecule has 3 aliphatic rings. The second kappa shape index (κ2) is 10.6. The molecule has 3 saturated heterocycles. The average molecular weight is 520 g/mol. The molecule has 9 nitrogen and oxygen atoms in total. The van der Waals surface area contributed by atoms with Crippen LogP contribution in [0.1, 0.15) is 12.8 Å². The van der Waals surface area contributed by atoms with Crippen molar-refractivity contribution in [2.45, 2.75) is 24.9 Å². The van der Waals surface area contributed by atoms with E-state index in [4.69, 9.17) is 10.5 Å². The number of nitrogens with one attached hydrogen (secondary N) is 1. The summed E-state index contributed by atoms with van der Waals surface area (Å²) in [5, 5.41) is 22.1. The van der Waals surface area contributed by atoms with E-state index in [1.807, 2.05) is 30.3 Å². The van der Waals surface area contributed by atoms with Gasteiger partial charge in [-0.3, -0.25) is 4.90 Å². The molecule has 38 heavy (non-hydrogen) atoms. The SMILES string of the molecule is Nc1nnc(-c2ccccc2O)cc1N1CC2CCC(C1)N2c1ccc(F)c(OCCN2CCNCC2)c1. The number of nitrogens with zero attached hydrogens (tertiary/aromatic N) is 5. The predicted octanol–water partition coefficient (Wildman–Crippen LogP) is 2.71. The number of hydrogen-bond acceptors (Lipinski definition) is 9. The number of fused-ring (bicyclic) bond motifs is 2. The number of phenols is 1. The first-order valence-corrected chi connectivity index (χ1v) is 13.4. The number of aromatic hydroxyl groups is 1. The Labute approximate surface area is 222 Å². The van der Waals surface area contributed by atoms with Crippen molar-refractivity contribution in [1.82, 2.24) is 20.4 Å². The maximum atomic E-state index is 14.6. The number of aromatic nitrogens is 2. The van der Waals surface area contributed by atoms with Crippen LogP contribution in [-0.2, 0) is 0 Å². The molecular weight excluding hydrogens is 485 g/mol. The molecule has 200 valence electrons. The highest BCUT2D eigenvalue weighted by molar-refractivity contribution is 5.74. The molecule has 0 amide bonds. The van der Waals surface area contributed by atoms with E-state index < -0.39 is 0 Å². The van der Waals surface area contributed by atoms with Gasteiger partial charge in [0.2, 0.25) is 0 Å². The summed E-state index contributed by atoms with van der Waals surface area (Å²) < 4.78 is 20.5. The fraction of sp³-hybridized carbons (Fsp3) is 0.429. The molecule has 0 radical (unpaired) electrons. The summed E-state index contributed by atoms with van der Waals surface area (Å²) in [6, 6.07) is 14.8. The van der Waals surface area contributed by atoms with Crippen molar-refractivity contribution < 1.29 is 14.2 Å². The second-order valence-corrected chi connectivity index (χ2v) is 10.3. The van der Waals surface area contributed by atoms with Gasteiger partial charge >= 0.3 is 0 Å². The van der Waals surface area contributed by atoms with E-state index in [0.717, 1.165) is 70.0 Å². The Morgan fingerprint density at radius 2 is 1.79 bits per heavy atom. The zero-order chi connectivity index (χ0) is 26.1. The Kier molecular flexibility index (Phi) is 6.90. The minimum Gasteiger partial charge on any atom is -0.507 e. The van der Waals surface area contributed by atoms with Crippen LogP contribution < -0.4 is 25.6 Å². The van der Waals surface area contributed by atoms with Gasteiger partial charge in [-0.2, -0.15) is 0 Å². The molecular formula is C28H34FN7O2. The van der Waals surface area contributed by atoms with Crippen molar-refractivity contribution in [3.05, 3.63) is 54.3 Å². The van der Waals surface area contributed by atoms with Gasteiger partial charge < -0.3 is 30.7 Å². The number of rotatable bonds is 7. The Bertz CT molecular complexity index is 1270. The van der Waals surface area contributed by atoms with Crippen LogP contribution in [0, 0.1) is 5.82 Å². The molecule has 4 N–H and O–H groups in total. The second-order valence-electron chi connectivity index (χ2n) is 10.3. The van der Waals surface area contributed by atoms with Crippen LogP contribution in [0.25, 0.3) is 11.3 Å².